The summed E-state index contributed by atoms with van der Waals surface area (Å²) in [4.78, 5) is 5.14. The van der Waals surface area contributed by atoms with Gasteiger partial charge in [0.15, 0.2) is 0 Å². The molecule has 2 aromatic rings. The SMILES string of the molecule is Cc1cc(C)cc(Nc2nc3c(cc2C(N)=S)CCC3)c1. The molecule has 0 bridgehead atoms. The number of rotatable bonds is 3. The van der Waals surface area contributed by atoms with Crippen LogP contribution in [0.3, 0.4) is 0 Å². The molecule has 21 heavy (non-hydrogen) atoms. The molecule has 3 rings (SSSR count). The standard InChI is InChI=1S/C17H19N3S/c1-10-6-11(2)8-13(7-10)19-17-14(16(18)21)9-12-4-3-5-15(12)20-17/h6-9H,3-5H2,1-2H3,(H2,18,21)(H,19,20). The molecule has 1 heterocycles. The third kappa shape index (κ3) is 2.90. The van der Waals surface area contributed by atoms with Crippen molar-refractivity contribution < 1.29 is 0 Å². The first-order chi connectivity index (χ1) is 10.0. The number of aryl methyl sites for hydroxylation is 4. The molecular weight excluding hydrogens is 278 g/mol. The molecule has 0 atom stereocenters. The van der Waals surface area contributed by atoms with Crippen molar-refractivity contribution >= 4 is 28.7 Å². The van der Waals surface area contributed by atoms with Crippen molar-refractivity contribution in [3.05, 3.63) is 52.2 Å². The fourth-order valence-corrected chi connectivity index (χ4v) is 3.09. The van der Waals surface area contributed by atoms with Gasteiger partial charge in [0.25, 0.3) is 0 Å². The average Bonchev–Trinajstić information content (AvgIpc) is 2.83. The van der Waals surface area contributed by atoms with Crippen molar-refractivity contribution in [1.29, 1.82) is 0 Å². The fraction of sp³-hybridized carbons (Fsp3) is 0.294. The molecule has 0 unspecified atom stereocenters. The lowest BCUT2D eigenvalue weighted by atomic mass is 10.1. The monoisotopic (exact) mass is 297 g/mol. The maximum atomic E-state index is 5.87. The summed E-state index contributed by atoms with van der Waals surface area (Å²) in [6, 6.07) is 8.45. The van der Waals surface area contributed by atoms with E-state index in [1.807, 2.05) is 0 Å². The van der Waals surface area contributed by atoms with Crippen molar-refractivity contribution in [3.8, 4) is 0 Å². The minimum absolute atomic E-state index is 0.393. The lowest BCUT2D eigenvalue weighted by molar-refractivity contribution is 0.900. The Morgan fingerprint density at radius 3 is 2.52 bits per heavy atom. The van der Waals surface area contributed by atoms with E-state index < -0.39 is 0 Å². The summed E-state index contributed by atoms with van der Waals surface area (Å²) in [7, 11) is 0. The summed E-state index contributed by atoms with van der Waals surface area (Å²) in [5, 5.41) is 3.39. The van der Waals surface area contributed by atoms with E-state index >= 15 is 0 Å². The second-order valence-electron chi connectivity index (χ2n) is 5.71. The first-order valence-corrected chi connectivity index (χ1v) is 7.61. The Hall–Kier alpha value is -1.94. The van der Waals surface area contributed by atoms with Crippen LogP contribution in [0.5, 0.6) is 0 Å². The first-order valence-electron chi connectivity index (χ1n) is 7.21. The molecule has 1 aliphatic rings. The zero-order chi connectivity index (χ0) is 15.0. The molecule has 0 amide bonds. The Morgan fingerprint density at radius 1 is 1.14 bits per heavy atom. The van der Waals surface area contributed by atoms with Crippen LogP contribution in [-0.4, -0.2) is 9.97 Å². The van der Waals surface area contributed by atoms with Gasteiger partial charge in [0.2, 0.25) is 0 Å². The van der Waals surface area contributed by atoms with Crippen LogP contribution in [0, 0.1) is 13.8 Å². The lowest BCUT2D eigenvalue weighted by Gasteiger charge is -2.13. The quantitative estimate of drug-likeness (QED) is 0.851. The molecule has 1 aromatic carbocycles. The van der Waals surface area contributed by atoms with Crippen molar-refractivity contribution in [1.82, 2.24) is 4.98 Å². The summed E-state index contributed by atoms with van der Waals surface area (Å²) < 4.78 is 0. The minimum atomic E-state index is 0.393. The number of nitrogens with two attached hydrogens (primary N) is 1. The third-order valence-electron chi connectivity index (χ3n) is 3.80. The predicted molar refractivity (Wildman–Crippen MR) is 91.3 cm³/mol. The van der Waals surface area contributed by atoms with Gasteiger partial charge in [-0.1, -0.05) is 18.3 Å². The van der Waals surface area contributed by atoms with Gasteiger partial charge >= 0.3 is 0 Å². The normalized spacial score (nSPS) is 13.0. The molecule has 0 saturated heterocycles. The second kappa shape index (κ2) is 5.45. The van der Waals surface area contributed by atoms with Gasteiger partial charge in [0.05, 0.1) is 5.56 Å². The van der Waals surface area contributed by atoms with Gasteiger partial charge in [0, 0.05) is 11.4 Å². The predicted octanol–water partition coefficient (Wildman–Crippen LogP) is 3.56. The Kier molecular flexibility index (Phi) is 3.64. The van der Waals surface area contributed by atoms with E-state index in [1.54, 1.807) is 0 Å². The molecule has 3 nitrogen and oxygen atoms in total. The molecule has 3 N–H and O–H groups in total. The van der Waals surface area contributed by atoms with E-state index in [4.69, 9.17) is 22.9 Å². The van der Waals surface area contributed by atoms with Gasteiger partial charge in [-0.2, -0.15) is 0 Å². The van der Waals surface area contributed by atoms with Gasteiger partial charge in [-0.3, -0.25) is 0 Å². The van der Waals surface area contributed by atoms with Gasteiger partial charge in [-0.05, 0) is 68.0 Å². The largest absolute Gasteiger partial charge is 0.389 e. The van der Waals surface area contributed by atoms with Crippen LogP contribution in [0.1, 0.15) is 34.4 Å². The number of aromatic nitrogens is 1. The summed E-state index contributed by atoms with van der Waals surface area (Å²) in [5.41, 5.74) is 12.6. The number of thiocarbonyl (C=S) groups is 1. The van der Waals surface area contributed by atoms with E-state index in [0.717, 1.165) is 36.3 Å². The maximum absolute atomic E-state index is 5.87. The molecule has 4 heteroatoms. The van der Waals surface area contributed by atoms with Crippen LogP contribution in [0.25, 0.3) is 0 Å². The smallest absolute Gasteiger partial charge is 0.140 e. The van der Waals surface area contributed by atoms with Crippen LogP contribution in [0.4, 0.5) is 11.5 Å². The van der Waals surface area contributed by atoms with Gasteiger partial charge in [-0.25, -0.2) is 4.98 Å². The average molecular weight is 297 g/mol. The van der Waals surface area contributed by atoms with Crippen LogP contribution >= 0.6 is 12.2 Å². The molecule has 0 aliphatic heterocycles. The maximum Gasteiger partial charge on any atom is 0.140 e. The van der Waals surface area contributed by atoms with Gasteiger partial charge in [0.1, 0.15) is 10.8 Å². The van der Waals surface area contributed by atoms with Crippen molar-refractivity contribution in [2.75, 3.05) is 5.32 Å². The van der Waals surface area contributed by atoms with E-state index in [0.29, 0.717) is 4.99 Å². The second-order valence-corrected chi connectivity index (χ2v) is 6.15. The molecule has 0 radical (unpaired) electrons. The number of anilines is 2. The van der Waals surface area contributed by atoms with E-state index in [1.165, 1.54) is 22.4 Å². The Balaban J connectivity index is 2.03. The third-order valence-corrected chi connectivity index (χ3v) is 4.02. The molecule has 0 saturated carbocycles. The molecular formula is C17H19N3S. The van der Waals surface area contributed by atoms with E-state index in [-0.39, 0.29) is 0 Å². The number of hydrogen-bond donors (Lipinski definition) is 2. The van der Waals surface area contributed by atoms with Crippen LogP contribution < -0.4 is 11.1 Å². The van der Waals surface area contributed by atoms with Crippen molar-refractivity contribution in [2.45, 2.75) is 33.1 Å². The van der Waals surface area contributed by atoms with Crippen molar-refractivity contribution in [2.24, 2.45) is 5.73 Å². The molecule has 1 aliphatic carbocycles. The van der Waals surface area contributed by atoms with Crippen LogP contribution in [-0.2, 0) is 12.8 Å². The summed E-state index contributed by atoms with van der Waals surface area (Å²) >= 11 is 5.19. The van der Waals surface area contributed by atoms with Crippen molar-refractivity contribution in [3.63, 3.8) is 0 Å². The highest BCUT2D eigenvalue weighted by molar-refractivity contribution is 7.80. The summed E-state index contributed by atoms with van der Waals surface area (Å²) in [6.45, 7) is 4.17. The zero-order valence-electron chi connectivity index (χ0n) is 12.4. The number of nitrogens with zero attached hydrogens (tertiary/aromatic N) is 1. The summed E-state index contributed by atoms with van der Waals surface area (Å²) in [5.74, 6) is 0.771. The number of hydrogen-bond acceptors (Lipinski definition) is 3. The topological polar surface area (TPSA) is 50.9 Å². The Morgan fingerprint density at radius 2 is 1.86 bits per heavy atom. The van der Waals surface area contributed by atoms with E-state index in [2.05, 4.69) is 43.4 Å². The minimum Gasteiger partial charge on any atom is -0.389 e. The Labute approximate surface area is 130 Å². The van der Waals surface area contributed by atoms with Gasteiger partial charge < -0.3 is 11.1 Å². The molecule has 0 spiro atoms. The van der Waals surface area contributed by atoms with Crippen LogP contribution in [0.15, 0.2) is 24.3 Å². The highest BCUT2D eigenvalue weighted by Crippen LogP contribution is 2.27. The number of nitrogens with one attached hydrogen (secondary N) is 1. The van der Waals surface area contributed by atoms with E-state index in [9.17, 15) is 0 Å². The molecule has 1 aromatic heterocycles. The highest BCUT2D eigenvalue weighted by Gasteiger charge is 2.17. The zero-order valence-corrected chi connectivity index (χ0v) is 13.2. The fourth-order valence-electron chi connectivity index (χ4n) is 2.94. The summed E-state index contributed by atoms with van der Waals surface area (Å²) in [6.07, 6.45) is 3.27. The highest BCUT2D eigenvalue weighted by atomic mass is 32.1. The first kappa shape index (κ1) is 14.0. The number of pyridine rings is 1. The Bertz CT molecular complexity index is 702. The number of fused-ring (bicyclic) bond motifs is 1. The molecule has 108 valence electrons. The number of benzene rings is 1. The van der Waals surface area contributed by atoms with Gasteiger partial charge in [-0.15, -0.1) is 0 Å². The lowest BCUT2D eigenvalue weighted by Crippen LogP contribution is -2.14. The molecule has 0 fully saturated rings. The van der Waals surface area contributed by atoms with Crippen LogP contribution in [0.2, 0.25) is 0 Å².